The van der Waals surface area contributed by atoms with Crippen molar-refractivity contribution in [3.8, 4) is 0 Å². The van der Waals surface area contributed by atoms with Crippen LogP contribution in [0.2, 0.25) is 0 Å². The molecule has 138 valence electrons. The van der Waals surface area contributed by atoms with E-state index in [-0.39, 0.29) is 30.5 Å². The highest BCUT2D eigenvalue weighted by Gasteiger charge is 2.36. The zero-order valence-corrected chi connectivity index (χ0v) is 14.1. The lowest BCUT2D eigenvalue weighted by atomic mass is 10.1. The van der Waals surface area contributed by atoms with E-state index in [1.807, 2.05) is 0 Å². The minimum atomic E-state index is -4.45. The third kappa shape index (κ3) is 3.04. The maximum absolute atomic E-state index is 12.9. The Morgan fingerprint density at radius 2 is 1.96 bits per heavy atom. The standard InChI is InChI=1S/C17H16F3N3O3/c1-3-26-16(25)13-8-21-23-10(2)9-22(15(24)14(13)23)12-6-4-11(5-7-12)17(18,19)20/h4-8,10H,3,9H2,1-2H3/t10-/m0/s1. The lowest BCUT2D eigenvalue weighted by Crippen LogP contribution is -2.43. The van der Waals surface area contributed by atoms with E-state index in [9.17, 15) is 22.8 Å². The third-order valence-electron chi connectivity index (χ3n) is 4.11. The van der Waals surface area contributed by atoms with Crippen molar-refractivity contribution in [2.45, 2.75) is 26.1 Å². The fourth-order valence-electron chi connectivity index (χ4n) is 2.87. The van der Waals surface area contributed by atoms with Gasteiger partial charge in [-0.25, -0.2) is 4.79 Å². The van der Waals surface area contributed by atoms with Crippen LogP contribution >= 0.6 is 0 Å². The Morgan fingerprint density at radius 1 is 1.31 bits per heavy atom. The van der Waals surface area contributed by atoms with E-state index in [0.29, 0.717) is 5.69 Å². The van der Waals surface area contributed by atoms with E-state index in [2.05, 4.69) is 5.10 Å². The van der Waals surface area contributed by atoms with Crippen molar-refractivity contribution in [1.29, 1.82) is 0 Å². The lowest BCUT2D eigenvalue weighted by molar-refractivity contribution is -0.137. The van der Waals surface area contributed by atoms with Crippen molar-refractivity contribution in [2.75, 3.05) is 18.1 Å². The van der Waals surface area contributed by atoms with Gasteiger partial charge in [0.05, 0.1) is 24.4 Å². The maximum Gasteiger partial charge on any atom is 0.416 e. The molecule has 1 aromatic carbocycles. The van der Waals surface area contributed by atoms with Gasteiger partial charge in [0, 0.05) is 12.2 Å². The molecule has 9 heteroatoms. The molecule has 0 bridgehead atoms. The minimum absolute atomic E-state index is 0.0420. The van der Waals surface area contributed by atoms with Crippen LogP contribution in [0.4, 0.5) is 18.9 Å². The van der Waals surface area contributed by atoms with Crippen molar-refractivity contribution in [3.63, 3.8) is 0 Å². The van der Waals surface area contributed by atoms with Gasteiger partial charge in [-0.3, -0.25) is 9.48 Å². The van der Waals surface area contributed by atoms with Gasteiger partial charge in [0.25, 0.3) is 5.91 Å². The quantitative estimate of drug-likeness (QED) is 0.781. The summed E-state index contributed by atoms with van der Waals surface area (Å²) in [5.74, 6) is -1.17. The molecule has 1 amide bonds. The third-order valence-corrected chi connectivity index (χ3v) is 4.11. The van der Waals surface area contributed by atoms with Crippen LogP contribution in [0.3, 0.4) is 0 Å². The fraction of sp³-hybridized carbons (Fsp3) is 0.353. The van der Waals surface area contributed by atoms with E-state index in [0.717, 1.165) is 12.1 Å². The van der Waals surface area contributed by atoms with Crippen molar-refractivity contribution in [1.82, 2.24) is 9.78 Å². The summed E-state index contributed by atoms with van der Waals surface area (Å²) in [6, 6.07) is 4.07. The van der Waals surface area contributed by atoms with E-state index in [1.54, 1.807) is 13.8 Å². The SMILES string of the molecule is CCOC(=O)c1cnn2c1C(=O)N(c1ccc(C(F)(F)F)cc1)C[C@@H]2C. The molecule has 1 aromatic heterocycles. The molecule has 1 aliphatic rings. The molecular formula is C17H16F3N3O3. The van der Waals surface area contributed by atoms with E-state index >= 15 is 0 Å². The number of ether oxygens (including phenoxy) is 1. The predicted octanol–water partition coefficient (Wildman–Crippen LogP) is 3.30. The van der Waals surface area contributed by atoms with Crippen LogP contribution in [0, 0.1) is 0 Å². The summed E-state index contributed by atoms with van der Waals surface area (Å²) in [5, 5.41) is 4.09. The van der Waals surface area contributed by atoms with Crippen molar-refractivity contribution in [2.24, 2.45) is 0 Å². The number of halogens is 3. The van der Waals surface area contributed by atoms with Gasteiger partial charge in [0.1, 0.15) is 11.3 Å². The molecule has 26 heavy (non-hydrogen) atoms. The zero-order valence-electron chi connectivity index (χ0n) is 14.1. The highest BCUT2D eigenvalue weighted by atomic mass is 19.4. The first kappa shape index (κ1) is 18.0. The number of benzene rings is 1. The first-order valence-electron chi connectivity index (χ1n) is 7.97. The first-order valence-corrected chi connectivity index (χ1v) is 7.97. The molecule has 2 aromatic rings. The average molecular weight is 367 g/mol. The normalized spacial score (nSPS) is 17.2. The van der Waals surface area contributed by atoms with Crippen LogP contribution in [0.1, 0.15) is 46.3 Å². The maximum atomic E-state index is 12.9. The first-order chi connectivity index (χ1) is 12.2. The zero-order chi connectivity index (χ0) is 19.1. The minimum Gasteiger partial charge on any atom is -0.462 e. The average Bonchev–Trinajstić information content (AvgIpc) is 3.04. The molecular weight excluding hydrogens is 351 g/mol. The number of hydrogen-bond donors (Lipinski definition) is 0. The Kier molecular flexibility index (Phi) is 4.47. The number of amides is 1. The van der Waals surface area contributed by atoms with Gasteiger partial charge >= 0.3 is 12.1 Å². The second-order valence-electron chi connectivity index (χ2n) is 5.88. The molecule has 0 fully saturated rings. The summed E-state index contributed by atoms with van der Waals surface area (Å²) in [4.78, 5) is 26.3. The Bertz CT molecular complexity index is 843. The molecule has 0 saturated heterocycles. The van der Waals surface area contributed by atoms with Crippen LogP contribution in [0.5, 0.6) is 0 Å². The monoisotopic (exact) mass is 367 g/mol. The van der Waals surface area contributed by atoms with Crippen molar-refractivity contribution in [3.05, 3.63) is 47.3 Å². The van der Waals surface area contributed by atoms with Gasteiger partial charge in [-0.05, 0) is 38.1 Å². The number of nitrogens with zero attached hydrogens (tertiary/aromatic N) is 3. The Morgan fingerprint density at radius 3 is 2.54 bits per heavy atom. The smallest absolute Gasteiger partial charge is 0.416 e. The molecule has 6 nitrogen and oxygen atoms in total. The van der Waals surface area contributed by atoms with Gasteiger partial charge < -0.3 is 9.64 Å². The van der Waals surface area contributed by atoms with Crippen LogP contribution in [0.25, 0.3) is 0 Å². The second-order valence-corrected chi connectivity index (χ2v) is 5.88. The number of fused-ring (bicyclic) bond motifs is 1. The van der Waals surface area contributed by atoms with Crippen LogP contribution < -0.4 is 4.90 Å². The summed E-state index contributed by atoms with van der Waals surface area (Å²) in [6.45, 7) is 3.82. The molecule has 3 rings (SSSR count). The lowest BCUT2D eigenvalue weighted by Gasteiger charge is -2.32. The van der Waals surface area contributed by atoms with E-state index in [4.69, 9.17) is 4.74 Å². The molecule has 1 atom stereocenters. The number of carbonyl (C=O) groups is 2. The number of aromatic nitrogens is 2. The van der Waals surface area contributed by atoms with Gasteiger partial charge in [-0.1, -0.05) is 0 Å². The number of anilines is 1. The number of hydrogen-bond acceptors (Lipinski definition) is 4. The van der Waals surface area contributed by atoms with Gasteiger partial charge in [-0.15, -0.1) is 0 Å². The molecule has 1 aliphatic heterocycles. The number of carbonyl (C=O) groups excluding carboxylic acids is 2. The Balaban J connectivity index is 1.97. The number of rotatable bonds is 3. The van der Waals surface area contributed by atoms with Gasteiger partial charge in [0.15, 0.2) is 0 Å². The molecule has 0 unspecified atom stereocenters. The summed E-state index contributed by atoms with van der Waals surface area (Å²) in [7, 11) is 0. The van der Waals surface area contributed by atoms with Crippen molar-refractivity contribution < 1.29 is 27.5 Å². The summed E-state index contributed by atoms with van der Waals surface area (Å²) in [5.41, 5.74) is -0.365. The topological polar surface area (TPSA) is 64.4 Å². The summed E-state index contributed by atoms with van der Waals surface area (Å²) in [6.07, 6.45) is -3.18. The highest BCUT2D eigenvalue weighted by Crippen LogP contribution is 2.32. The number of esters is 1. The Labute approximate surface area is 147 Å². The summed E-state index contributed by atoms with van der Waals surface area (Å²) >= 11 is 0. The molecule has 2 heterocycles. The highest BCUT2D eigenvalue weighted by molar-refractivity contribution is 6.11. The van der Waals surface area contributed by atoms with E-state index < -0.39 is 23.6 Å². The Hall–Kier alpha value is -2.84. The molecule has 0 saturated carbocycles. The van der Waals surface area contributed by atoms with Crippen LogP contribution in [-0.2, 0) is 10.9 Å². The van der Waals surface area contributed by atoms with Crippen LogP contribution in [0.15, 0.2) is 30.5 Å². The number of alkyl halides is 3. The molecule has 0 radical (unpaired) electrons. The predicted molar refractivity (Wildman–Crippen MR) is 86.0 cm³/mol. The van der Waals surface area contributed by atoms with Gasteiger partial charge in [0.2, 0.25) is 0 Å². The van der Waals surface area contributed by atoms with E-state index in [1.165, 1.54) is 27.9 Å². The summed E-state index contributed by atoms with van der Waals surface area (Å²) < 4.78 is 44.6. The van der Waals surface area contributed by atoms with Crippen molar-refractivity contribution >= 4 is 17.6 Å². The second kappa shape index (κ2) is 6.47. The van der Waals surface area contributed by atoms with Crippen LogP contribution in [-0.4, -0.2) is 34.8 Å². The van der Waals surface area contributed by atoms with Gasteiger partial charge in [-0.2, -0.15) is 18.3 Å². The fourth-order valence-corrected chi connectivity index (χ4v) is 2.87. The molecule has 0 aliphatic carbocycles. The molecule has 0 N–H and O–H groups in total. The molecule has 0 spiro atoms. The largest absolute Gasteiger partial charge is 0.462 e.